The lowest BCUT2D eigenvalue weighted by molar-refractivity contribution is -0.141. The summed E-state index contributed by atoms with van der Waals surface area (Å²) in [6, 6.07) is 2.32. The molecule has 1 aromatic heterocycles. The lowest BCUT2D eigenvalue weighted by atomic mass is 10.1. The van der Waals surface area contributed by atoms with E-state index in [2.05, 4.69) is 10.3 Å². The minimum atomic E-state index is -0.832. The normalized spacial score (nSPS) is 22.7. The molecular formula is C12H13FN2O3. The zero-order valence-corrected chi connectivity index (χ0v) is 9.60. The summed E-state index contributed by atoms with van der Waals surface area (Å²) in [7, 11) is 0. The third kappa shape index (κ3) is 2.82. The molecule has 0 aromatic carbocycles. The minimum absolute atomic E-state index is 0.158. The van der Waals surface area contributed by atoms with Gasteiger partial charge in [0.2, 0.25) is 5.95 Å². The van der Waals surface area contributed by atoms with Crippen molar-refractivity contribution < 1.29 is 19.1 Å². The van der Waals surface area contributed by atoms with Gasteiger partial charge in [0.15, 0.2) is 0 Å². The molecule has 0 unspecified atom stereocenters. The molecule has 5 nitrogen and oxygen atoms in total. The molecule has 2 N–H and O–H groups in total. The summed E-state index contributed by atoms with van der Waals surface area (Å²) in [4.78, 5) is 25.9. The largest absolute Gasteiger partial charge is 0.481 e. The Hall–Kier alpha value is -1.98. The summed E-state index contributed by atoms with van der Waals surface area (Å²) in [5.41, 5.74) is 0.196. The van der Waals surface area contributed by atoms with Crippen LogP contribution in [0, 0.1) is 11.9 Å². The van der Waals surface area contributed by atoms with Crippen LogP contribution >= 0.6 is 0 Å². The van der Waals surface area contributed by atoms with E-state index in [4.69, 9.17) is 5.11 Å². The van der Waals surface area contributed by atoms with Gasteiger partial charge >= 0.3 is 5.97 Å². The van der Waals surface area contributed by atoms with E-state index in [0.717, 1.165) is 6.07 Å². The van der Waals surface area contributed by atoms with Crippen LogP contribution in [0.2, 0.25) is 0 Å². The molecule has 96 valence electrons. The van der Waals surface area contributed by atoms with E-state index in [9.17, 15) is 14.0 Å². The number of aromatic nitrogens is 1. The lowest BCUT2D eigenvalue weighted by Crippen LogP contribution is -2.33. The van der Waals surface area contributed by atoms with Crippen molar-refractivity contribution in [3.8, 4) is 0 Å². The van der Waals surface area contributed by atoms with E-state index in [0.29, 0.717) is 19.3 Å². The number of pyridine rings is 1. The molecule has 0 radical (unpaired) electrons. The van der Waals surface area contributed by atoms with Crippen molar-refractivity contribution >= 4 is 11.9 Å². The van der Waals surface area contributed by atoms with Crippen molar-refractivity contribution in [3.05, 3.63) is 29.8 Å². The Labute approximate surface area is 103 Å². The Morgan fingerprint density at radius 1 is 1.44 bits per heavy atom. The van der Waals surface area contributed by atoms with Gasteiger partial charge in [-0.05, 0) is 25.3 Å². The van der Waals surface area contributed by atoms with Crippen LogP contribution in [-0.2, 0) is 4.79 Å². The first kappa shape index (κ1) is 12.5. The smallest absolute Gasteiger partial charge is 0.306 e. The zero-order valence-electron chi connectivity index (χ0n) is 9.60. The number of hydrogen-bond donors (Lipinski definition) is 2. The summed E-state index contributed by atoms with van der Waals surface area (Å²) >= 11 is 0. The van der Waals surface area contributed by atoms with Gasteiger partial charge in [-0.1, -0.05) is 0 Å². The Morgan fingerprint density at radius 2 is 2.22 bits per heavy atom. The maximum Gasteiger partial charge on any atom is 0.306 e. The topological polar surface area (TPSA) is 79.3 Å². The number of carbonyl (C=O) groups is 2. The number of rotatable bonds is 3. The molecule has 1 aromatic rings. The second-order valence-electron chi connectivity index (χ2n) is 4.39. The Bertz CT molecular complexity index is 478. The van der Waals surface area contributed by atoms with Crippen LogP contribution in [0.15, 0.2) is 18.3 Å². The summed E-state index contributed by atoms with van der Waals surface area (Å²) < 4.78 is 12.8. The van der Waals surface area contributed by atoms with Gasteiger partial charge in [0.1, 0.15) is 0 Å². The molecule has 6 heteroatoms. The molecule has 1 aliphatic carbocycles. The first-order valence-electron chi connectivity index (χ1n) is 5.71. The number of nitrogens with one attached hydrogen (secondary N) is 1. The van der Waals surface area contributed by atoms with Gasteiger partial charge in [-0.2, -0.15) is 4.39 Å². The van der Waals surface area contributed by atoms with E-state index in [-0.39, 0.29) is 11.6 Å². The van der Waals surface area contributed by atoms with E-state index in [1.54, 1.807) is 0 Å². The molecular weight excluding hydrogens is 239 g/mol. The fraction of sp³-hybridized carbons (Fsp3) is 0.417. The van der Waals surface area contributed by atoms with E-state index >= 15 is 0 Å². The lowest BCUT2D eigenvalue weighted by Gasteiger charge is -2.12. The van der Waals surface area contributed by atoms with Gasteiger partial charge < -0.3 is 10.4 Å². The predicted octanol–water partition coefficient (Wildman–Crippen LogP) is 1.20. The number of carboxylic acid groups (broad SMARTS) is 1. The summed E-state index contributed by atoms with van der Waals surface area (Å²) in [6.07, 6.45) is 2.84. The van der Waals surface area contributed by atoms with Crippen LogP contribution in [0.5, 0.6) is 0 Å². The van der Waals surface area contributed by atoms with Crippen LogP contribution in [0.3, 0.4) is 0 Å². The van der Waals surface area contributed by atoms with Crippen LogP contribution in [-0.4, -0.2) is 28.0 Å². The van der Waals surface area contributed by atoms with Crippen molar-refractivity contribution in [1.82, 2.24) is 10.3 Å². The fourth-order valence-electron chi connectivity index (χ4n) is 2.15. The summed E-state index contributed by atoms with van der Waals surface area (Å²) in [5.74, 6) is -2.34. The number of aliphatic carboxylic acids is 1. The van der Waals surface area contributed by atoms with Crippen molar-refractivity contribution in [2.45, 2.75) is 25.3 Å². The highest BCUT2D eigenvalue weighted by molar-refractivity contribution is 5.94. The molecule has 18 heavy (non-hydrogen) atoms. The van der Waals surface area contributed by atoms with Crippen LogP contribution in [0.25, 0.3) is 0 Å². The predicted molar refractivity (Wildman–Crippen MR) is 60.4 cm³/mol. The van der Waals surface area contributed by atoms with Gasteiger partial charge in [-0.15, -0.1) is 0 Å². The second-order valence-corrected chi connectivity index (χ2v) is 4.39. The quantitative estimate of drug-likeness (QED) is 0.792. The molecule has 1 aliphatic rings. The molecule has 2 rings (SSSR count). The number of halogens is 1. The number of carbonyl (C=O) groups excluding carboxylic acids is 1. The highest BCUT2D eigenvalue weighted by atomic mass is 19.1. The highest BCUT2D eigenvalue weighted by Gasteiger charge is 2.30. The monoisotopic (exact) mass is 252 g/mol. The van der Waals surface area contributed by atoms with Crippen LogP contribution in [0.4, 0.5) is 4.39 Å². The molecule has 0 aliphatic heterocycles. The molecule has 0 saturated heterocycles. The SMILES string of the molecule is O=C(N[C@H]1CC[C@@H](C(=O)O)C1)c1ccnc(F)c1. The van der Waals surface area contributed by atoms with Crippen LogP contribution in [0.1, 0.15) is 29.6 Å². The van der Waals surface area contributed by atoms with Gasteiger partial charge in [-0.25, -0.2) is 4.98 Å². The summed E-state index contributed by atoms with van der Waals surface area (Å²) in [6.45, 7) is 0. The second kappa shape index (κ2) is 5.12. The van der Waals surface area contributed by atoms with E-state index in [1.165, 1.54) is 12.3 Å². The van der Waals surface area contributed by atoms with Crippen molar-refractivity contribution in [3.63, 3.8) is 0 Å². The first-order chi connectivity index (χ1) is 8.56. The fourth-order valence-corrected chi connectivity index (χ4v) is 2.15. The van der Waals surface area contributed by atoms with Crippen molar-refractivity contribution in [2.24, 2.45) is 5.92 Å². The molecule has 0 bridgehead atoms. The number of amides is 1. The van der Waals surface area contributed by atoms with Crippen LogP contribution < -0.4 is 5.32 Å². The summed E-state index contributed by atoms with van der Waals surface area (Å²) in [5, 5.41) is 11.6. The van der Waals surface area contributed by atoms with Gasteiger partial charge in [0.25, 0.3) is 5.91 Å². The third-order valence-electron chi connectivity index (χ3n) is 3.11. The highest BCUT2D eigenvalue weighted by Crippen LogP contribution is 2.25. The Kier molecular flexibility index (Phi) is 3.55. The molecule has 2 atom stereocenters. The van der Waals surface area contributed by atoms with Gasteiger partial charge in [-0.3, -0.25) is 9.59 Å². The average molecular weight is 252 g/mol. The minimum Gasteiger partial charge on any atom is -0.481 e. The zero-order chi connectivity index (χ0) is 13.1. The van der Waals surface area contributed by atoms with E-state index < -0.39 is 23.7 Å². The number of nitrogens with zero attached hydrogens (tertiary/aromatic N) is 1. The molecule has 1 saturated carbocycles. The first-order valence-corrected chi connectivity index (χ1v) is 5.71. The van der Waals surface area contributed by atoms with E-state index in [1.807, 2.05) is 0 Å². The molecule has 1 heterocycles. The van der Waals surface area contributed by atoms with Crippen molar-refractivity contribution in [1.29, 1.82) is 0 Å². The average Bonchev–Trinajstić information content (AvgIpc) is 2.77. The Balaban J connectivity index is 1.95. The van der Waals surface area contributed by atoms with Gasteiger partial charge in [0.05, 0.1) is 5.92 Å². The maximum absolute atomic E-state index is 12.8. The molecule has 1 fully saturated rings. The molecule has 1 amide bonds. The standard InChI is InChI=1S/C12H13FN2O3/c13-10-6-7(3-4-14-10)11(16)15-9-2-1-8(5-9)12(17)18/h3-4,6,8-9H,1-2,5H2,(H,15,16)(H,17,18)/t8-,9+/m1/s1. The Morgan fingerprint density at radius 3 is 2.83 bits per heavy atom. The number of hydrogen-bond acceptors (Lipinski definition) is 3. The van der Waals surface area contributed by atoms with Crippen molar-refractivity contribution in [2.75, 3.05) is 0 Å². The molecule has 0 spiro atoms. The third-order valence-corrected chi connectivity index (χ3v) is 3.11. The maximum atomic E-state index is 12.8. The van der Waals surface area contributed by atoms with Gasteiger partial charge in [0, 0.05) is 23.9 Å². The number of carboxylic acids is 1.